The highest BCUT2D eigenvalue weighted by molar-refractivity contribution is 5.84. The van der Waals surface area contributed by atoms with E-state index in [1.807, 2.05) is 30.3 Å². The largest absolute Gasteiger partial charge is 0.444 e. The fourth-order valence-corrected chi connectivity index (χ4v) is 1.84. The quantitative estimate of drug-likeness (QED) is 0.901. The van der Waals surface area contributed by atoms with Crippen LogP contribution in [0.15, 0.2) is 54.6 Å². The van der Waals surface area contributed by atoms with Crippen LogP contribution in [0.2, 0.25) is 0 Å². The third kappa shape index (κ3) is 4.61. The van der Waals surface area contributed by atoms with Crippen molar-refractivity contribution in [2.75, 3.05) is 5.32 Å². The van der Waals surface area contributed by atoms with Gasteiger partial charge in [0.05, 0.1) is 5.60 Å². The summed E-state index contributed by atoms with van der Waals surface area (Å²) in [5.41, 5.74) is 1.45. The average Bonchev–Trinajstić information content (AvgIpc) is 2.46. The van der Waals surface area contributed by atoms with E-state index >= 15 is 0 Å². The number of hydrogen-bond donors (Lipinski definition) is 2. The molecule has 0 aliphatic carbocycles. The lowest BCUT2D eigenvalue weighted by Gasteiger charge is -2.17. The average molecular weight is 285 g/mol. The summed E-state index contributed by atoms with van der Waals surface area (Å²) in [6, 6.07) is 16.5. The molecule has 0 aliphatic rings. The minimum Gasteiger partial charge on any atom is -0.444 e. The van der Waals surface area contributed by atoms with E-state index < -0.39 is 11.7 Å². The maximum Gasteiger partial charge on any atom is 0.411 e. The van der Waals surface area contributed by atoms with E-state index in [0.29, 0.717) is 5.69 Å². The molecule has 0 atom stereocenters. The molecule has 4 nitrogen and oxygen atoms in total. The van der Waals surface area contributed by atoms with E-state index in [2.05, 4.69) is 5.32 Å². The van der Waals surface area contributed by atoms with Crippen molar-refractivity contribution in [1.29, 1.82) is 0 Å². The van der Waals surface area contributed by atoms with Crippen LogP contribution in [0.25, 0.3) is 0 Å². The maximum absolute atomic E-state index is 11.7. The van der Waals surface area contributed by atoms with Gasteiger partial charge in [0.2, 0.25) is 0 Å². The summed E-state index contributed by atoms with van der Waals surface area (Å²) in [6.45, 7) is 3.65. The fraction of sp³-hybridized carbons (Fsp3) is 0.235. The van der Waals surface area contributed by atoms with Gasteiger partial charge in [-0.25, -0.2) is 4.79 Å². The number of nitrogens with one attached hydrogen (secondary N) is 1. The minimum atomic E-state index is -0.896. The molecule has 1 amide bonds. The predicted molar refractivity (Wildman–Crippen MR) is 81.9 cm³/mol. The van der Waals surface area contributed by atoms with Crippen LogP contribution in [-0.2, 0) is 16.9 Å². The highest BCUT2D eigenvalue weighted by atomic mass is 16.5. The van der Waals surface area contributed by atoms with Gasteiger partial charge in [0, 0.05) is 5.69 Å². The monoisotopic (exact) mass is 285 g/mol. The molecule has 4 heteroatoms. The van der Waals surface area contributed by atoms with Gasteiger partial charge < -0.3 is 9.84 Å². The van der Waals surface area contributed by atoms with E-state index in [1.165, 1.54) is 0 Å². The first kappa shape index (κ1) is 15.1. The van der Waals surface area contributed by atoms with Gasteiger partial charge in [0.1, 0.15) is 6.61 Å². The summed E-state index contributed by atoms with van der Waals surface area (Å²) >= 11 is 0. The molecule has 0 saturated heterocycles. The van der Waals surface area contributed by atoms with Crippen LogP contribution in [0.1, 0.15) is 25.0 Å². The Kier molecular flexibility index (Phi) is 4.60. The Balaban J connectivity index is 1.88. The predicted octanol–water partition coefficient (Wildman–Crippen LogP) is 3.66. The smallest absolute Gasteiger partial charge is 0.411 e. The van der Waals surface area contributed by atoms with E-state index in [9.17, 15) is 9.90 Å². The molecule has 0 unspecified atom stereocenters. The molecule has 0 bridgehead atoms. The SMILES string of the molecule is CC(C)(O)c1ccc(NC(=O)OCc2ccccc2)cc1. The van der Waals surface area contributed by atoms with E-state index in [1.54, 1.807) is 38.1 Å². The molecule has 110 valence electrons. The van der Waals surface area contributed by atoms with Gasteiger partial charge in [0.25, 0.3) is 0 Å². The number of amides is 1. The van der Waals surface area contributed by atoms with Crippen molar-refractivity contribution in [1.82, 2.24) is 0 Å². The van der Waals surface area contributed by atoms with E-state index in [0.717, 1.165) is 11.1 Å². The highest BCUT2D eigenvalue weighted by Crippen LogP contribution is 2.21. The lowest BCUT2D eigenvalue weighted by molar-refractivity contribution is 0.0786. The number of carbonyl (C=O) groups is 1. The van der Waals surface area contributed by atoms with E-state index in [-0.39, 0.29) is 6.61 Å². The van der Waals surface area contributed by atoms with Crippen LogP contribution < -0.4 is 5.32 Å². The highest BCUT2D eigenvalue weighted by Gasteiger charge is 2.15. The normalized spacial score (nSPS) is 11.0. The molecular weight excluding hydrogens is 266 g/mol. The standard InChI is InChI=1S/C17H19NO3/c1-17(2,20)14-8-10-15(11-9-14)18-16(19)21-12-13-6-4-3-5-7-13/h3-11,20H,12H2,1-2H3,(H,18,19). The van der Waals surface area contributed by atoms with Crippen molar-refractivity contribution in [3.05, 3.63) is 65.7 Å². The zero-order chi connectivity index (χ0) is 15.3. The first-order valence-electron chi connectivity index (χ1n) is 6.76. The second kappa shape index (κ2) is 6.41. The van der Waals surface area contributed by atoms with Gasteiger partial charge in [-0.05, 0) is 37.1 Å². The first-order valence-corrected chi connectivity index (χ1v) is 6.76. The Morgan fingerprint density at radius 2 is 1.71 bits per heavy atom. The van der Waals surface area contributed by atoms with Crippen LogP contribution in [0.5, 0.6) is 0 Å². The molecule has 0 spiro atoms. The van der Waals surface area contributed by atoms with Crippen molar-refractivity contribution in [2.24, 2.45) is 0 Å². The minimum absolute atomic E-state index is 0.231. The molecule has 2 aromatic carbocycles. The molecule has 2 N–H and O–H groups in total. The summed E-state index contributed by atoms with van der Waals surface area (Å²) in [5, 5.41) is 12.5. The molecule has 0 saturated carbocycles. The summed E-state index contributed by atoms with van der Waals surface area (Å²) in [4.78, 5) is 11.7. The molecular formula is C17H19NO3. The van der Waals surface area contributed by atoms with Crippen molar-refractivity contribution >= 4 is 11.8 Å². The van der Waals surface area contributed by atoms with Crippen LogP contribution in [0, 0.1) is 0 Å². The third-order valence-corrected chi connectivity index (χ3v) is 3.05. The zero-order valence-electron chi connectivity index (χ0n) is 12.2. The maximum atomic E-state index is 11.7. The second-order valence-electron chi connectivity index (χ2n) is 5.32. The Bertz CT molecular complexity index is 586. The lowest BCUT2D eigenvalue weighted by Crippen LogP contribution is -2.16. The number of benzene rings is 2. The molecule has 0 aromatic heterocycles. The van der Waals surface area contributed by atoms with Gasteiger partial charge in [-0.1, -0.05) is 42.5 Å². The Labute approximate surface area is 124 Å². The number of aliphatic hydroxyl groups is 1. The van der Waals surface area contributed by atoms with Gasteiger partial charge in [-0.2, -0.15) is 0 Å². The second-order valence-corrected chi connectivity index (χ2v) is 5.32. The van der Waals surface area contributed by atoms with Crippen LogP contribution in [-0.4, -0.2) is 11.2 Å². The number of rotatable bonds is 4. The van der Waals surface area contributed by atoms with Crippen LogP contribution >= 0.6 is 0 Å². The fourth-order valence-electron chi connectivity index (χ4n) is 1.84. The number of carbonyl (C=O) groups excluding carboxylic acids is 1. The zero-order valence-corrected chi connectivity index (χ0v) is 12.2. The molecule has 0 fully saturated rings. The summed E-state index contributed by atoms with van der Waals surface area (Å²) in [5.74, 6) is 0. The third-order valence-electron chi connectivity index (χ3n) is 3.05. The Morgan fingerprint density at radius 1 is 1.10 bits per heavy atom. The van der Waals surface area contributed by atoms with Gasteiger partial charge in [0.15, 0.2) is 0 Å². The van der Waals surface area contributed by atoms with Gasteiger partial charge >= 0.3 is 6.09 Å². The molecule has 21 heavy (non-hydrogen) atoms. The topological polar surface area (TPSA) is 58.6 Å². The van der Waals surface area contributed by atoms with Crippen LogP contribution in [0.3, 0.4) is 0 Å². The molecule has 0 aliphatic heterocycles. The van der Waals surface area contributed by atoms with Crippen molar-refractivity contribution < 1.29 is 14.6 Å². The summed E-state index contributed by atoms with van der Waals surface area (Å²) < 4.78 is 5.13. The molecule has 2 rings (SSSR count). The van der Waals surface area contributed by atoms with Gasteiger partial charge in [-0.3, -0.25) is 5.32 Å². The van der Waals surface area contributed by atoms with Gasteiger partial charge in [-0.15, -0.1) is 0 Å². The Hall–Kier alpha value is -2.33. The Morgan fingerprint density at radius 3 is 2.29 bits per heavy atom. The van der Waals surface area contributed by atoms with Crippen molar-refractivity contribution in [3.8, 4) is 0 Å². The number of ether oxygens (including phenoxy) is 1. The van der Waals surface area contributed by atoms with Crippen molar-refractivity contribution in [3.63, 3.8) is 0 Å². The molecule has 2 aromatic rings. The lowest BCUT2D eigenvalue weighted by atomic mass is 9.98. The van der Waals surface area contributed by atoms with Crippen LogP contribution in [0.4, 0.5) is 10.5 Å². The van der Waals surface area contributed by atoms with E-state index in [4.69, 9.17) is 4.74 Å². The van der Waals surface area contributed by atoms with Crippen molar-refractivity contribution in [2.45, 2.75) is 26.1 Å². The number of anilines is 1. The molecule has 0 radical (unpaired) electrons. The summed E-state index contributed by atoms with van der Waals surface area (Å²) in [7, 11) is 0. The molecule has 0 heterocycles. The number of hydrogen-bond acceptors (Lipinski definition) is 3. The first-order chi connectivity index (χ1) is 9.95. The summed E-state index contributed by atoms with van der Waals surface area (Å²) in [6.07, 6.45) is -0.505.